The maximum absolute atomic E-state index is 11.6. The monoisotopic (exact) mass is 166 g/mol. The zero-order valence-electron chi connectivity index (χ0n) is 7.64. The van der Waals surface area contributed by atoms with E-state index in [0.717, 1.165) is 12.8 Å². The minimum atomic E-state index is -0.297. The van der Waals surface area contributed by atoms with Crippen LogP contribution < -0.4 is 0 Å². The molecule has 0 radical (unpaired) electrons. The van der Waals surface area contributed by atoms with E-state index < -0.39 is 0 Å². The molecule has 3 aliphatic carbocycles. The lowest BCUT2D eigenvalue weighted by Crippen LogP contribution is -2.51. The molecule has 0 aromatic carbocycles. The summed E-state index contributed by atoms with van der Waals surface area (Å²) >= 11 is 0. The number of hydrogen-bond acceptors (Lipinski definition) is 2. The van der Waals surface area contributed by atoms with E-state index in [1.54, 1.807) is 0 Å². The summed E-state index contributed by atoms with van der Waals surface area (Å²) in [6.07, 6.45) is 2.80. The fourth-order valence-electron chi connectivity index (χ4n) is 2.34. The van der Waals surface area contributed by atoms with Gasteiger partial charge in [0.15, 0.2) is 0 Å². The minimum Gasteiger partial charge on any atom is -0.299 e. The van der Waals surface area contributed by atoms with E-state index in [2.05, 4.69) is 0 Å². The van der Waals surface area contributed by atoms with Crippen LogP contribution >= 0.6 is 0 Å². The maximum Gasteiger partial charge on any atom is 0.140 e. The van der Waals surface area contributed by atoms with Crippen molar-refractivity contribution in [2.75, 3.05) is 0 Å². The highest BCUT2D eigenvalue weighted by molar-refractivity contribution is 6.01. The Hall–Kier alpha value is -0.660. The molecule has 0 heterocycles. The highest BCUT2D eigenvalue weighted by Crippen LogP contribution is 2.52. The van der Waals surface area contributed by atoms with Crippen molar-refractivity contribution >= 4 is 11.6 Å². The minimum absolute atomic E-state index is 0.297. The zero-order chi connectivity index (χ0) is 8.98. The number of Topliss-reactive ketones (excluding diaryl/α,β-unsaturated/α-hetero) is 2. The molecule has 0 amide bonds. The van der Waals surface area contributed by atoms with Crippen molar-refractivity contribution in [2.24, 2.45) is 10.8 Å². The molecule has 2 bridgehead atoms. The van der Waals surface area contributed by atoms with Gasteiger partial charge in [-0.05, 0) is 12.8 Å². The second kappa shape index (κ2) is 1.98. The van der Waals surface area contributed by atoms with Crippen LogP contribution in [-0.4, -0.2) is 11.6 Å². The summed E-state index contributed by atoms with van der Waals surface area (Å²) in [6, 6.07) is 0. The second-order valence-corrected chi connectivity index (χ2v) is 4.82. The van der Waals surface area contributed by atoms with Crippen LogP contribution in [0.1, 0.15) is 39.5 Å². The Morgan fingerprint density at radius 3 is 1.50 bits per heavy atom. The van der Waals surface area contributed by atoms with Crippen molar-refractivity contribution in [3.63, 3.8) is 0 Å². The van der Waals surface area contributed by atoms with Gasteiger partial charge < -0.3 is 0 Å². The first-order chi connectivity index (χ1) is 5.46. The van der Waals surface area contributed by atoms with Gasteiger partial charge in [-0.25, -0.2) is 0 Å². The molecule has 3 aliphatic rings. The van der Waals surface area contributed by atoms with E-state index in [9.17, 15) is 9.59 Å². The molecule has 66 valence electrons. The Morgan fingerprint density at radius 1 is 0.917 bits per heavy atom. The van der Waals surface area contributed by atoms with Gasteiger partial charge in [-0.1, -0.05) is 13.8 Å². The predicted molar refractivity (Wildman–Crippen MR) is 44.7 cm³/mol. The number of carbonyl (C=O) groups is 2. The molecular weight excluding hydrogens is 152 g/mol. The lowest BCUT2D eigenvalue weighted by molar-refractivity contribution is -0.154. The lowest BCUT2D eigenvalue weighted by Gasteiger charge is -2.47. The summed E-state index contributed by atoms with van der Waals surface area (Å²) in [5, 5.41) is 0. The maximum atomic E-state index is 11.6. The van der Waals surface area contributed by atoms with Gasteiger partial charge in [0.05, 0.1) is 0 Å². The van der Waals surface area contributed by atoms with E-state index in [0.29, 0.717) is 24.4 Å². The Balaban J connectivity index is 2.40. The van der Waals surface area contributed by atoms with Gasteiger partial charge in [0.25, 0.3) is 0 Å². The van der Waals surface area contributed by atoms with Crippen molar-refractivity contribution in [1.29, 1.82) is 0 Å². The molecule has 2 nitrogen and oxygen atoms in total. The normalized spacial score (nSPS) is 46.8. The lowest BCUT2D eigenvalue weighted by atomic mass is 9.54. The van der Waals surface area contributed by atoms with Gasteiger partial charge in [-0.15, -0.1) is 0 Å². The molecule has 2 atom stereocenters. The molecular formula is C10H14O2. The van der Waals surface area contributed by atoms with E-state index in [1.165, 1.54) is 0 Å². The highest BCUT2D eigenvalue weighted by Gasteiger charge is 2.54. The van der Waals surface area contributed by atoms with E-state index in [4.69, 9.17) is 0 Å². The van der Waals surface area contributed by atoms with E-state index in [1.807, 2.05) is 13.8 Å². The molecule has 3 fully saturated rings. The topological polar surface area (TPSA) is 34.1 Å². The van der Waals surface area contributed by atoms with Crippen LogP contribution in [0.3, 0.4) is 0 Å². The van der Waals surface area contributed by atoms with Gasteiger partial charge in [0, 0.05) is 23.7 Å². The van der Waals surface area contributed by atoms with Crippen molar-refractivity contribution in [2.45, 2.75) is 39.5 Å². The summed E-state index contributed by atoms with van der Waals surface area (Å²) in [4.78, 5) is 23.2. The standard InChI is InChI=1S/C10H14O2/c1-9-3-4-10(2,6-7(9)11)8(12)5-9/h3-6H2,1-2H3. The molecule has 0 aromatic rings. The van der Waals surface area contributed by atoms with Crippen LogP contribution in [0, 0.1) is 10.8 Å². The summed E-state index contributed by atoms with van der Waals surface area (Å²) in [6.45, 7) is 3.87. The average Bonchev–Trinajstić information content (AvgIpc) is 1.96. The Morgan fingerprint density at radius 2 is 1.25 bits per heavy atom. The molecule has 3 saturated carbocycles. The quantitative estimate of drug-likeness (QED) is 0.549. The number of carbonyl (C=O) groups excluding carboxylic acids is 2. The van der Waals surface area contributed by atoms with Crippen molar-refractivity contribution < 1.29 is 9.59 Å². The third-order valence-corrected chi connectivity index (χ3v) is 3.68. The molecule has 0 spiro atoms. The van der Waals surface area contributed by atoms with E-state index >= 15 is 0 Å². The fourth-order valence-corrected chi connectivity index (χ4v) is 2.34. The average molecular weight is 166 g/mol. The third-order valence-electron chi connectivity index (χ3n) is 3.68. The predicted octanol–water partition coefficient (Wildman–Crippen LogP) is 1.72. The highest BCUT2D eigenvalue weighted by atomic mass is 16.1. The summed E-state index contributed by atoms with van der Waals surface area (Å²) in [7, 11) is 0. The number of rotatable bonds is 0. The van der Waals surface area contributed by atoms with E-state index in [-0.39, 0.29) is 10.8 Å². The first-order valence-corrected chi connectivity index (χ1v) is 4.53. The molecule has 0 N–H and O–H groups in total. The van der Waals surface area contributed by atoms with Crippen LogP contribution in [0.25, 0.3) is 0 Å². The molecule has 2 unspecified atom stereocenters. The smallest absolute Gasteiger partial charge is 0.140 e. The molecule has 3 rings (SSSR count). The number of ketones is 2. The SMILES string of the molecule is CC12CCC(C)(CC1=O)C(=O)C2. The zero-order valence-corrected chi connectivity index (χ0v) is 7.64. The summed E-state index contributed by atoms with van der Waals surface area (Å²) in [5.74, 6) is 0.603. The largest absolute Gasteiger partial charge is 0.299 e. The van der Waals surface area contributed by atoms with Crippen molar-refractivity contribution in [3.8, 4) is 0 Å². The summed E-state index contributed by atoms with van der Waals surface area (Å²) in [5.41, 5.74) is -0.594. The van der Waals surface area contributed by atoms with Gasteiger partial charge in [0.2, 0.25) is 0 Å². The van der Waals surface area contributed by atoms with Crippen LogP contribution in [-0.2, 0) is 9.59 Å². The van der Waals surface area contributed by atoms with Gasteiger partial charge in [-0.3, -0.25) is 9.59 Å². The molecule has 2 heteroatoms. The molecule has 0 aliphatic heterocycles. The van der Waals surface area contributed by atoms with Crippen molar-refractivity contribution in [1.82, 2.24) is 0 Å². The van der Waals surface area contributed by atoms with Crippen LogP contribution in [0.4, 0.5) is 0 Å². The molecule has 12 heavy (non-hydrogen) atoms. The number of fused-ring (bicyclic) bond motifs is 3. The van der Waals surface area contributed by atoms with Crippen LogP contribution in [0.2, 0.25) is 0 Å². The first-order valence-electron chi connectivity index (χ1n) is 4.53. The summed E-state index contributed by atoms with van der Waals surface area (Å²) < 4.78 is 0. The first kappa shape index (κ1) is 7.96. The third kappa shape index (κ3) is 0.809. The Bertz CT molecular complexity index is 241. The fraction of sp³-hybridized carbons (Fsp3) is 0.800. The van der Waals surface area contributed by atoms with Crippen LogP contribution in [0.5, 0.6) is 0 Å². The molecule has 0 aromatic heterocycles. The number of hydrogen-bond donors (Lipinski definition) is 0. The molecule has 0 saturated heterocycles. The van der Waals surface area contributed by atoms with Gasteiger partial charge >= 0.3 is 0 Å². The Kier molecular flexibility index (Phi) is 1.31. The van der Waals surface area contributed by atoms with Gasteiger partial charge in [-0.2, -0.15) is 0 Å². The van der Waals surface area contributed by atoms with Crippen molar-refractivity contribution in [3.05, 3.63) is 0 Å². The van der Waals surface area contributed by atoms with Crippen LogP contribution in [0.15, 0.2) is 0 Å². The second-order valence-electron chi connectivity index (χ2n) is 4.82. The Labute approximate surface area is 72.3 Å². The van der Waals surface area contributed by atoms with Gasteiger partial charge in [0.1, 0.15) is 11.6 Å².